The maximum atomic E-state index is 13.3. The number of hydrogen-bond acceptors (Lipinski definition) is 5. The largest absolute Gasteiger partial charge is 0.490 e. The van der Waals surface area contributed by atoms with Gasteiger partial charge in [-0.15, -0.1) is 0 Å². The van der Waals surface area contributed by atoms with Gasteiger partial charge in [0.05, 0.1) is 17.3 Å². The minimum atomic E-state index is -0.813. The van der Waals surface area contributed by atoms with E-state index in [1.807, 2.05) is 39.0 Å². The summed E-state index contributed by atoms with van der Waals surface area (Å²) in [4.78, 5) is 39.4. The predicted octanol–water partition coefficient (Wildman–Crippen LogP) is 6.25. The van der Waals surface area contributed by atoms with Crippen LogP contribution in [0.4, 0.5) is 10.5 Å². The molecule has 1 heterocycles. The van der Waals surface area contributed by atoms with Crippen LogP contribution in [-0.2, 0) is 16.2 Å². The van der Waals surface area contributed by atoms with Crippen molar-refractivity contribution in [3.63, 3.8) is 0 Å². The molecule has 1 fully saturated rings. The molecule has 37 heavy (non-hydrogen) atoms. The highest BCUT2D eigenvalue weighted by Crippen LogP contribution is 2.38. The Kier molecular flexibility index (Phi) is 7.86. The number of barbiturate groups is 1. The van der Waals surface area contributed by atoms with Crippen molar-refractivity contribution >= 4 is 52.8 Å². The molecule has 0 saturated carbocycles. The fraction of sp³-hybridized carbons (Fsp3) is 0.179. The highest BCUT2D eigenvalue weighted by atomic mass is 35.5. The van der Waals surface area contributed by atoms with Gasteiger partial charge in [-0.05, 0) is 73.9 Å². The molecule has 0 bridgehead atoms. The third-order valence-electron chi connectivity index (χ3n) is 5.82. The van der Waals surface area contributed by atoms with Crippen molar-refractivity contribution in [1.29, 1.82) is 0 Å². The summed E-state index contributed by atoms with van der Waals surface area (Å²) >= 11 is 12.8. The summed E-state index contributed by atoms with van der Waals surface area (Å²) in [6.07, 6.45) is 1.37. The molecule has 3 aromatic carbocycles. The minimum absolute atomic E-state index is 0.161. The molecule has 4 amide bonds. The standard InChI is InChI=1S/C28H24Cl2N2O5/c1-4-36-24-14-18(13-23(30)25(24)37-15-19-7-5-6-8-22(19)29)12-21-26(33)31-28(35)32(27(21)34)20-10-9-16(2)17(3)11-20/h5-14H,4,15H2,1-3H3,(H,31,33,35)/b21-12+. The lowest BCUT2D eigenvalue weighted by Crippen LogP contribution is -2.54. The van der Waals surface area contributed by atoms with E-state index < -0.39 is 17.8 Å². The quantitative estimate of drug-likeness (QED) is 0.283. The summed E-state index contributed by atoms with van der Waals surface area (Å²) in [5.41, 5.74) is 3.25. The number of amides is 4. The summed E-state index contributed by atoms with van der Waals surface area (Å²) in [5.74, 6) is -0.912. The summed E-state index contributed by atoms with van der Waals surface area (Å²) in [6, 6.07) is 14.8. The Bertz CT molecular complexity index is 1430. The normalized spacial score (nSPS) is 14.7. The van der Waals surface area contributed by atoms with Crippen LogP contribution in [0.15, 0.2) is 60.2 Å². The van der Waals surface area contributed by atoms with Crippen molar-refractivity contribution in [2.24, 2.45) is 0 Å². The minimum Gasteiger partial charge on any atom is -0.490 e. The third kappa shape index (κ3) is 5.63. The summed E-state index contributed by atoms with van der Waals surface area (Å²) < 4.78 is 11.7. The van der Waals surface area contributed by atoms with Crippen molar-refractivity contribution in [3.8, 4) is 11.5 Å². The van der Waals surface area contributed by atoms with E-state index in [-0.39, 0.29) is 17.2 Å². The number of nitrogens with zero attached hydrogens (tertiary/aromatic N) is 1. The molecule has 9 heteroatoms. The molecule has 0 spiro atoms. The number of benzene rings is 3. The lowest BCUT2D eigenvalue weighted by Gasteiger charge is -2.27. The van der Waals surface area contributed by atoms with E-state index in [0.717, 1.165) is 21.6 Å². The lowest BCUT2D eigenvalue weighted by atomic mass is 10.0. The highest BCUT2D eigenvalue weighted by molar-refractivity contribution is 6.39. The van der Waals surface area contributed by atoms with Gasteiger partial charge in [0, 0.05) is 10.6 Å². The number of imide groups is 2. The van der Waals surface area contributed by atoms with E-state index in [4.69, 9.17) is 32.7 Å². The van der Waals surface area contributed by atoms with Crippen molar-refractivity contribution in [2.45, 2.75) is 27.4 Å². The summed E-state index contributed by atoms with van der Waals surface area (Å²) in [5, 5.41) is 3.01. The number of carbonyl (C=O) groups excluding carboxylic acids is 3. The van der Waals surface area contributed by atoms with Crippen LogP contribution in [0.1, 0.15) is 29.2 Å². The molecule has 7 nitrogen and oxygen atoms in total. The fourth-order valence-electron chi connectivity index (χ4n) is 3.76. The van der Waals surface area contributed by atoms with E-state index >= 15 is 0 Å². The van der Waals surface area contributed by atoms with Crippen LogP contribution in [0.2, 0.25) is 10.0 Å². The molecule has 0 radical (unpaired) electrons. The molecule has 3 aromatic rings. The van der Waals surface area contributed by atoms with E-state index in [1.54, 1.807) is 36.4 Å². The molecular formula is C28H24Cl2N2O5. The Morgan fingerprint density at radius 3 is 2.38 bits per heavy atom. The van der Waals surface area contributed by atoms with Gasteiger partial charge in [-0.25, -0.2) is 9.69 Å². The van der Waals surface area contributed by atoms with E-state index in [2.05, 4.69) is 5.32 Å². The Hall–Kier alpha value is -3.81. The summed E-state index contributed by atoms with van der Waals surface area (Å²) in [6.45, 7) is 6.09. The van der Waals surface area contributed by atoms with Crippen LogP contribution in [0.3, 0.4) is 0 Å². The van der Waals surface area contributed by atoms with Gasteiger partial charge in [-0.1, -0.05) is 47.5 Å². The Labute approximate surface area is 224 Å². The maximum absolute atomic E-state index is 13.3. The maximum Gasteiger partial charge on any atom is 0.335 e. The Balaban J connectivity index is 1.67. The van der Waals surface area contributed by atoms with Crippen molar-refractivity contribution < 1.29 is 23.9 Å². The smallest absolute Gasteiger partial charge is 0.335 e. The van der Waals surface area contributed by atoms with Gasteiger partial charge in [0.25, 0.3) is 11.8 Å². The van der Waals surface area contributed by atoms with Crippen LogP contribution in [0.25, 0.3) is 6.08 Å². The predicted molar refractivity (Wildman–Crippen MR) is 143 cm³/mol. The van der Waals surface area contributed by atoms with Crippen LogP contribution < -0.4 is 19.7 Å². The zero-order chi connectivity index (χ0) is 26.7. The summed E-state index contributed by atoms with van der Waals surface area (Å²) in [7, 11) is 0. The molecule has 1 aliphatic rings. The molecule has 1 N–H and O–H groups in total. The second-order valence-corrected chi connectivity index (χ2v) is 9.18. The number of nitrogens with one attached hydrogen (secondary N) is 1. The first kappa shape index (κ1) is 26.3. The van der Waals surface area contributed by atoms with Crippen LogP contribution in [0.5, 0.6) is 11.5 Å². The SMILES string of the molecule is CCOc1cc(/C=C2\C(=O)NC(=O)N(c3ccc(C)c(C)c3)C2=O)cc(Cl)c1OCc1ccccc1Cl. The van der Waals surface area contributed by atoms with Crippen LogP contribution in [0, 0.1) is 13.8 Å². The van der Waals surface area contributed by atoms with Gasteiger partial charge < -0.3 is 9.47 Å². The number of urea groups is 1. The van der Waals surface area contributed by atoms with Crippen molar-refractivity contribution in [1.82, 2.24) is 5.32 Å². The van der Waals surface area contributed by atoms with Crippen LogP contribution in [-0.4, -0.2) is 24.5 Å². The monoisotopic (exact) mass is 538 g/mol. The molecule has 190 valence electrons. The van der Waals surface area contributed by atoms with Crippen molar-refractivity contribution in [3.05, 3.63) is 92.5 Å². The third-order valence-corrected chi connectivity index (χ3v) is 6.47. The first-order valence-corrected chi connectivity index (χ1v) is 12.3. The highest BCUT2D eigenvalue weighted by Gasteiger charge is 2.37. The fourth-order valence-corrected chi connectivity index (χ4v) is 4.23. The van der Waals surface area contributed by atoms with Gasteiger partial charge in [-0.2, -0.15) is 0 Å². The zero-order valence-electron chi connectivity index (χ0n) is 20.4. The Morgan fingerprint density at radius 2 is 1.68 bits per heavy atom. The lowest BCUT2D eigenvalue weighted by molar-refractivity contribution is -0.122. The Morgan fingerprint density at radius 1 is 0.919 bits per heavy atom. The molecule has 0 unspecified atom stereocenters. The van der Waals surface area contributed by atoms with Crippen molar-refractivity contribution in [2.75, 3.05) is 11.5 Å². The average molecular weight is 539 g/mol. The van der Waals surface area contributed by atoms with E-state index in [0.29, 0.717) is 34.4 Å². The molecule has 0 atom stereocenters. The number of anilines is 1. The van der Waals surface area contributed by atoms with Gasteiger partial charge in [0.15, 0.2) is 11.5 Å². The number of ether oxygens (including phenoxy) is 2. The van der Waals surface area contributed by atoms with E-state index in [1.165, 1.54) is 6.08 Å². The number of carbonyl (C=O) groups is 3. The van der Waals surface area contributed by atoms with Crippen LogP contribution >= 0.6 is 23.2 Å². The number of halogens is 2. The molecule has 0 aromatic heterocycles. The zero-order valence-corrected chi connectivity index (χ0v) is 21.9. The average Bonchev–Trinajstić information content (AvgIpc) is 2.84. The number of aryl methyl sites for hydroxylation is 2. The van der Waals surface area contributed by atoms with Gasteiger partial charge in [-0.3, -0.25) is 14.9 Å². The second-order valence-electron chi connectivity index (χ2n) is 8.37. The van der Waals surface area contributed by atoms with Gasteiger partial charge in [0.1, 0.15) is 12.2 Å². The number of hydrogen-bond donors (Lipinski definition) is 1. The first-order valence-electron chi connectivity index (χ1n) is 11.5. The number of rotatable bonds is 7. The second kappa shape index (κ2) is 11.1. The van der Waals surface area contributed by atoms with E-state index in [9.17, 15) is 14.4 Å². The van der Waals surface area contributed by atoms with Gasteiger partial charge >= 0.3 is 6.03 Å². The molecule has 1 saturated heterocycles. The topological polar surface area (TPSA) is 84.9 Å². The first-order chi connectivity index (χ1) is 17.7. The molecule has 0 aliphatic carbocycles. The molecular weight excluding hydrogens is 515 g/mol. The van der Waals surface area contributed by atoms with Gasteiger partial charge in [0.2, 0.25) is 0 Å². The molecule has 1 aliphatic heterocycles. The molecule has 4 rings (SSSR count).